The van der Waals surface area contributed by atoms with Crippen molar-refractivity contribution in [1.29, 1.82) is 0 Å². The fourth-order valence-corrected chi connectivity index (χ4v) is 3.23. The van der Waals surface area contributed by atoms with Gasteiger partial charge in [-0.2, -0.15) is 0 Å². The highest BCUT2D eigenvalue weighted by atomic mass is 35.5. The first-order valence-corrected chi connectivity index (χ1v) is 9.73. The van der Waals surface area contributed by atoms with Gasteiger partial charge in [-0.1, -0.05) is 59.6 Å². The van der Waals surface area contributed by atoms with E-state index in [4.69, 9.17) is 23.2 Å². The minimum atomic E-state index is -0.597. The molecule has 0 unspecified atom stereocenters. The number of rotatable bonds is 8. The second-order valence-corrected chi connectivity index (χ2v) is 7.09. The van der Waals surface area contributed by atoms with Crippen molar-refractivity contribution in [2.45, 2.75) is 39.3 Å². The van der Waals surface area contributed by atoms with Crippen molar-refractivity contribution in [2.75, 3.05) is 6.54 Å². The van der Waals surface area contributed by atoms with Crippen LogP contribution in [0.1, 0.15) is 31.4 Å². The molecule has 0 saturated heterocycles. The Hall–Kier alpha value is -2.04. The molecule has 6 heteroatoms. The molecule has 0 radical (unpaired) electrons. The quantitative estimate of drug-likeness (QED) is 0.702. The van der Waals surface area contributed by atoms with Gasteiger partial charge in [0.1, 0.15) is 6.04 Å². The Balaban J connectivity index is 2.17. The van der Waals surface area contributed by atoms with E-state index in [-0.39, 0.29) is 24.8 Å². The van der Waals surface area contributed by atoms with Gasteiger partial charge in [0, 0.05) is 29.6 Å². The van der Waals surface area contributed by atoms with Crippen molar-refractivity contribution >= 4 is 35.0 Å². The van der Waals surface area contributed by atoms with Gasteiger partial charge in [0.2, 0.25) is 11.8 Å². The highest BCUT2D eigenvalue weighted by Gasteiger charge is 2.26. The lowest BCUT2D eigenvalue weighted by Crippen LogP contribution is -2.47. The molecule has 2 rings (SSSR count). The molecule has 0 spiro atoms. The number of hydrogen-bond acceptors (Lipinski definition) is 2. The third-order valence-corrected chi connectivity index (χ3v) is 5.12. The molecule has 0 aromatic heterocycles. The van der Waals surface area contributed by atoms with E-state index in [1.807, 2.05) is 43.3 Å². The summed E-state index contributed by atoms with van der Waals surface area (Å²) in [6.07, 6.45) is 0.775. The van der Waals surface area contributed by atoms with E-state index in [0.717, 1.165) is 11.1 Å². The minimum Gasteiger partial charge on any atom is -0.355 e. The van der Waals surface area contributed by atoms with Crippen LogP contribution in [0.2, 0.25) is 10.0 Å². The monoisotopic (exact) mass is 406 g/mol. The number of aryl methyl sites for hydroxylation is 1. The molecule has 2 aromatic carbocycles. The first-order valence-electron chi connectivity index (χ1n) is 8.98. The number of nitrogens with zero attached hydrogens (tertiary/aromatic N) is 1. The van der Waals surface area contributed by atoms with Gasteiger partial charge in [0.05, 0.1) is 0 Å². The maximum Gasteiger partial charge on any atom is 0.242 e. The van der Waals surface area contributed by atoms with Gasteiger partial charge in [-0.25, -0.2) is 0 Å². The van der Waals surface area contributed by atoms with Crippen LogP contribution in [0.5, 0.6) is 0 Å². The number of hydrogen-bond donors (Lipinski definition) is 1. The first kappa shape index (κ1) is 21.3. The van der Waals surface area contributed by atoms with Gasteiger partial charge >= 0.3 is 0 Å². The normalized spacial score (nSPS) is 11.7. The molecule has 27 heavy (non-hydrogen) atoms. The third-order valence-electron chi connectivity index (χ3n) is 4.38. The average molecular weight is 407 g/mol. The lowest BCUT2D eigenvalue weighted by Gasteiger charge is -2.29. The molecule has 1 atom stereocenters. The lowest BCUT2D eigenvalue weighted by molar-refractivity contribution is -0.140. The van der Waals surface area contributed by atoms with Crippen LogP contribution in [-0.2, 0) is 22.6 Å². The highest BCUT2D eigenvalue weighted by molar-refractivity contribution is 6.31. The van der Waals surface area contributed by atoms with Crippen LogP contribution in [0.3, 0.4) is 0 Å². The Morgan fingerprint density at radius 3 is 2.11 bits per heavy atom. The smallest absolute Gasteiger partial charge is 0.242 e. The molecule has 2 aromatic rings. The van der Waals surface area contributed by atoms with Crippen molar-refractivity contribution in [3.05, 3.63) is 69.7 Å². The summed E-state index contributed by atoms with van der Waals surface area (Å²) in [7, 11) is 0. The van der Waals surface area contributed by atoms with Gasteiger partial charge in [-0.3, -0.25) is 9.59 Å². The van der Waals surface area contributed by atoms with Crippen molar-refractivity contribution in [3.63, 3.8) is 0 Å². The van der Waals surface area contributed by atoms with Crippen LogP contribution in [0.4, 0.5) is 0 Å². The Morgan fingerprint density at radius 1 is 1.00 bits per heavy atom. The van der Waals surface area contributed by atoms with Gasteiger partial charge in [-0.15, -0.1) is 0 Å². The summed E-state index contributed by atoms with van der Waals surface area (Å²) in [5, 5.41) is 3.99. The molecule has 4 nitrogen and oxygen atoms in total. The molecule has 144 valence electrons. The summed E-state index contributed by atoms with van der Waals surface area (Å²) in [5.74, 6) is -0.302. The molecule has 0 heterocycles. The van der Waals surface area contributed by atoms with Crippen LogP contribution in [-0.4, -0.2) is 29.3 Å². The Morgan fingerprint density at radius 2 is 1.56 bits per heavy atom. The summed E-state index contributed by atoms with van der Waals surface area (Å²) >= 11 is 12.4. The van der Waals surface area contributed by atoms with Gasteiger partial charge < -0.3 is 10.2 Å². The van der Waals surface area contributed by atoms with Crippen LogP contribution in [0.15, 0.2) is 48.5 Å². The predicted molar refractivity (Wildman–Crippen MR) is 110 cm³/mol. The molecule has 0 fully saturated rings. The maximum absolute atomic E-state index is 13.0. The van der Waals surface area contributed by atoms with Crippen molar-refractivity contribution in [2.24, 2.45) is 0 Å². The SMILES string of the molecule is CCNC(=O)[C@H](C)N(Cc1ccccc1Cl)C(=O)CCc1ccccc1Cl. The third kappa shape index (κ3) is 5.98. The van der Waals surface area contributed by atoms with Crippen molar-refractivity contribution in [3.8, 4) is 0 Å². The van der Waals surface area contributed by atoms with Crippen molar-refractivity contribution < 1.29 is 9.59 Å². The Bertz CT molecular complexity index is 795. The fourth-order valence-electron chi connectivity index (χ4n) is 2.80. The number of carbonyl (C=O) groups excluding carboxylic acids is 2. The van der Waals surface area contributed by atoms with Crippen LogP contribution >= 0.6 is 23.2 Å². The highest BCUT2D eigenvalue weighted by Crippen LogP contribution is 2.21. The predicted octanol–water partition coefficient (Wildman–Crippen LogP) is 4.48. The molecule has 0 saturated carbocycles. The van der Waals surface area contributed by atoms with Gasteiger partial charge in [0.15, 0.2) is 0 Å². The molecule has 0 aliphatic rings. The van der Waals surface area contributed by atoms with E-state index >= 15 is 0 Å². The summed E-state index contributed by atoms with van der Waals surface area (Å²) < 4.78 is 0. The summed E-state index contributed by atoms with van der Waals surface area (Å²) in [5.41, 5.74) is 1.72. The van der Waals surface area contributed by atoms with Crippen LogP contribution in [0.25, 0.3) is 0 Å². The molecule has 0 aliphatic heterocycles. The minimum absolute atomic E-state index is 0.117. The van der Waals surface area contributed by atoms with E-state index in [0.29, 0.717) is 23.0 Å². The van der Waals surface area contributed by atoms with E-state index in [9.17, 15) is 9.59 Å². The first-order chi connectivity index (χ1) is 12.9. The van der Waals surface area contributed by atoms with E-state index in [1.165, 1.54) is 0 Å². The number of likely N-dealkylation sites (N-methyl/N-ethyl adjacent to an activating group) is 1. The largest absolute Gasteiger partial charge is 0.355 e. The summed E-state index contributed by atoms with van der Waals surface area (Å²) in [6, 6.07) is 14.2. The topological polar surface area (TPSA) is 49.4 Å². The molecular weight excluding hydrogens is 383 g/mol. The second-order valence-electron chi connectivity index (χ2n) is 6.28. The number of benzene rings is 2. The number of carbonyl (C=O) groups is 2. The molecule has 0 bridgehead atoms. The summed E-state index contributed by atoms with van der Waals surface area (Å²) in [6.45, 7) is 4.37. The zero-order valence-corrected chi connectivity index (χ0v) is 17.1. The van der Waals surface area contributed by atoms with Gasteiger partial charge in [-0.05, 0) is 43.5 Å². The fraction of sp³-hybridized carbons (Fsp3) is 0.333. The number of amides is 2. The maximum atomic E-state index is 13.0. The van der Waals surface area contributed by atoms with E-state index in [1.54, 1.807) is 24.0 Å². The zero-order chi connectivity index (χ0) is 19.8. The molecular formula is C21H24Cl2N2O2. The number of nitrogens with one attached hydrogen (secondary N) is 1. The molecule has 1 N–H and O–H groups in total. The van der Waals surface area contributed by atoms with E-state index < -0.39 is 6.04 Å². The Labute approximate surface area is 170 Å². The zero-order valence-electron chi connectivity index (χ0n) is 15.5. The second kappa shape index (κ2) is 10.3. The molecule has 2 amide bonds. The summed E-state index contributed by atoms with van der Waals surface area (Å²) in [4.78, 5) is 26.9. The van der Waals surface area contributed by atoms with Crippen LogP contribution in [0, 0.1) is 0 Å². The van der Waals surface area contributed by atoms with E-state index in [2.05, 4.69) is 5.32 Å². The van der Waals surface area contributed by atoms with Gasteiger partial charge in [0.25, 0.3) is 0 Å². The van der Waals surface area contributed by atoms with Crippen molar-refractivity contribution in [1.82, 2.24) is 10.2 Å². The number of halogens is 2. The standard InChI is InChI=1S/C21H24Cl2N2O2/c1-3-24-21(27)15(2)25(14-17-9-5-7-11-19(17)23)20(26)13-12-16-8-4-6-10-18(16)22/h4-11,15H,3,12-14H2,1-2H3,(H,24,27)/t15-/m0/s1. The lowest BCUT2D eigenvalue weighted by atomic mass is 10.1. The Kier molecular flexibility index (Phi) is 8.14. The molecule has 0 aliphatic carbocycles. The average Bonchev–Trinajstić information content (AvgIpc) is 2.66. The van der Waals surface area contributed by atoms with Crippen LogP contribution < -0.4 is 5.32 Å².